The molecule has 5 rings (SSSR count). The van der Waals surface area contributed by atoms with E-state index in [1.165, 1.54) is 0 Å². The van der Waals surface area contributed by atoms with Gasteiger partial charge in [-0.05, 0) is 35.9 Å². The van der Waals surface area contributed by atoms with Crippen LogP contribution in [0.3, 0.4) is 0 Å². The molecule has 0 radical (unpaired) electrons. The van der Waals surface area contributed by atoms with E-state index in [2.05, 4.69) is 20.4 Å². The first-order valence-electron chi connectivity index (χ1n) is 11.1. The summed E-state index contributed by atoms with van der Waals surface area (Å²) in [5, 5.41) is 11.0. The summed E-state index contributed by atoms with van der Waals surface area (Å²) in [5.74, 6) is -0.156. The molecule has 4 aromatic rings. The lowest BCUT2D eigenvalue weighted by Gasteiger charge is -2.34. The van der Waals surface area contributed by atoms with Gasteiger partial charge in [-0.1, -0.05) is 48.5 Å². The zero-order valence-electron chi connectivity index (χ0n) is 18.2. The number of piperazine rings is 1. The lowest BCUT2D eigenvalue weighted by molar-refractivity contribution is 0.0624. The number of amides is 2. The third-order valence-corrected chi connectivity index (χ3v) is 5.96. The van der Waals surface area contributed by atoms with Crippen molar-refractivity contribution in [1.82, 2.24) is 20.0 Å². The van der Waals surface area contributed by atoms with Gasteiger partial charge in [-0.3, -0.25) is 19.6 Å². The van der Waals surface area contributed by atoms with E-state index >= 15 is 0 Å². The largest absolute Gasteiger partial charge is 0.335 e. The van der Waals surface area contributed by atoms with Crippen molar-refractivity contribution in [3.8, 4) is 0 Å². The smallest absolute Gasteiger partial charge is 0.275 e. The summed E-state index contributed by atoms with van der Waals surface area (Å²) < 4.78 is 0. The topological polar surface area (TPSA) is 81.3 Å². The molecule has 0 aliphatic carbocycles. The van der Waals surface area contributed by atoms with Crippen LogP contribution < -0.4 is 5.32 Å². The summed E-state index contributed by atoms with van der Waals surface area (Å²) in [7, 11) is 0. The van der Waals surface area contributed by atoms with Crippen LogP contribution in [0.5, 0.6) is 0 Å². The second kappa shape index (κ2) is 9.26. The first-order chi connectivity index (χ1) is 16.2. The van der Waals surface area contributed by atoms with Crippen LogP contribution in [0.2, 0.25) is 0 Å². The average Bonchev–Trinajstić information content (AvgIpc) is 3.29. The lowest BCUT2D eigenvalue weighted by atomic mass is 10.1. The minimum Gasteiger partial charge on any atom is -0.335 e. The molecule has 1 fully saturated rings. The molecule has 1 aromatic heterocycles. The molecule has 2 heterocycles. The number of aromatic amines is 1. The van der Waals surface area contributed by atoms with E-state index in [0.29, 0.717) is 24.3 Å². The number of nitrogens with one attached hydrogen (secondary N) is 2. The van der Waals surface area contributed by atoms with Gasteiger partial charge in [-0.2, -0.15) is 5.10 Å². The molecule has 0 atom stereocenters. The third-order valence-electron chi connectivity index (χ3n) is 5.96. The highest BCUT2D eigenvalue weighted by atomic mass is 16.2. The van der Waals surface area contributed by atoms with Gasteiger partial charge < -0.3 is 10.2 Å². The summed E-state index contributed by atoms with van der Waals surface area (Å²) in [5.41, 5.74) is 3.84. The molecular formula is C26H25N5O2. The number of nitrogens with zero attached hydrogens (tertiary/aromatic N) is 3. The normalized spacial score (nSPS) is 14.4. The minimum absolute atomic E-state index is 0.0355. The van der Waals surface area contributed by atoms with Crippen molar-refractivity contribution in [3.05, 3.63) is 95.7 Å². The van der Waals surface area contributed by atoms with Gasteiger partial charge in [0.2, 0.25) is 0 Å². The van der Waals surface area contributed by atoms with Crippen LogP contribution in [0.25, 0.3) is 10.9 Å². The molecule has 7 heteroatoms. The van der Waals surface area contributed by atoms with E-state index in [-0.39, 0.29) is 11.8 Å². The number of carbonyl (C=O) groups is 2. The Balaban J connectivity index is 1.19. The highest BCUT2D eigenvalue weighted by Crippen LogP contribution is 2.19. The fourth-order valence-corrected chi connectivity index (χ4v) is 4.18. The Kier molecular flexibility index (Phi) is 5.87. The van der Waals surface area contributed by atoms with Crippen molar-refractivity contribution >= 4 is 28.4 Å². The fraction of sp³-hybridized carbons (Fsp3) is 0.192. The number of benzene rings is 3. The Hall–Kier alpha value is -3.97. The van der Waals surface area contributed by atoms with Gasteiger partial charge in [0.1, 0.15) is 0 Å². The number of fused-ring (bicyclic) bond motifs is 1. The number of hydrogen-bond acceptors (Lipinski definition) is 4. The van der Waals surface area contributed by atoms with Crippen molar-refractivity contribution in [3.63, 3.8) is 0 Å². The van der Waals surface area contributed by atoms with E-state index < -0.39 is 0 Å². The van der Waals surface area contributed by atoms with E-state index in [9.17, 15) is 9.59 Å². The Morgan fingerprint density at radius 2 is 1.64 bits per heavy atom. The van der Waals surface area contributed by atoms with E-state index in [1.807, 2.05) is 83.8 Å². The number of aromatic nitrogens is 2. The quantitative estimate of drug-likeness (QED) is 0.496. The van der Waals surface area contributed by atoms with Crippen LogP contribution in [0.15, 0.2) is 78.9 Å². The second-order valence-electron chi connectivity index (χ2n) is 8.21. The Labute approximate surface area is 192 Å². The number of hydrogen-bond donors (Lipinski definition) is 2. The fourth-order valence-electron chi connectivity index (χ4n) is 4.18. The maximum atomic E-state index is 13.0. The highest BCUT2D eigenvalue weighted by Gasteiger charge is 2.25. The van der Waals surface area contributed by atoms with Gasteiger partial charge in [0, 0.05) is 49.4 Å². The maximum absolute atomic E-state index is 13.0. The molecule has 0 saturated carbocycles. The number of para-hydroxylation sites is 2. The monoisotopic (exact) mass is 439 g/mol. The van der Waals surface area contributed by atoms with Crippen molar-refractivity contribution in [1.29, 1.82) is 0 Å². The molecule has 33 heavy (non-hydrogen) atoms. The molecule has 0 bridgehead atoms. The van der Waals surface area contributed by atoms with Crippen LogP contribution in [0.4, 0.5) is 5.69 Å². The zero-order chi connectivity index (χ0) is 22.6. The third kappa shape index (κ3) is 4.63. The van der Waals surface area contributed by atoms with Gasteiger partial charge in [-0.25, -0.2) is 0 Å². The van der Waals surface area contributed by atoms with Crippen molar-refractivity contribution in [2.75, 3.05) is 31.5 Å². The van der Waals surface area contributed by atoms with Crippen LogP contribution >= 0.6 is 0 Å². The van der Waals surface area contributed by atoms with Crippen molar-refractivity contribution < 1.29 is 9.59 Å². The molecule has 7 nitrogen and oxygen atoms in total. The molecule has 0 spiro atoms. The molecule has 1 saturated heterocycles. The summed E-state index contributed by atoms with van der Waals surface area (Å²) in [6, 6.07) is 24.8. The Morgan fingerprint density at radius 3 is 2.45 bits per heavy atom. The number of rotatable bonds is 5. The summed E-state index contributed by atoms with van der Waals surface area (Å²) in [6.45, 7) is 3.57. The van der Waals surface area contributed by atoms with E-state index in [1.54, 1.807) is 0 Å². The second-order valence-corrected chi connectivity index (χ2v) is 8.21. The summed E-state index contributed by atoms with van der Waals surface area (Å²) in [6.07, 6.45) is 0. The first kappa shape index (κ1) is 20.9. The maximum Gasteiger partial charge on any atom is 0.275 e. The lowest BCUT2D eigenvalue weighted by Crippen LogP contribution is -2.48. The highest BCUT2D eigenvalue weighted by molar-refractivity contribution is 6.05. The minimum atomic E-state index is -0.121. The standard InChI is InChI=1S/C26H25N5O2/c32-25(27-21-9-2-1-3-10-21)20-8-6-7-19(17-20)18-30-13-15-31(16-14-30)26(33)24-22-11-4-5-12-23(22)28-29-24/h1-12,17H,13-16,18H2,(H,27,32)(H,28,29). The van der Waals surface area contributed by atoms with Crippen LogP contribution in [0.1, 0.15) is 26.4 Å². The SMILES string of the molecule is O=C(Nc1ccccc1)c1cccc(CN2CCN(C(=O)c3n[nH]c4ccccc34)CC2)c1. The average molecular weight is 440 g/mol. The molecule has 3 aromatic carbocycles. The first-order valence-corrected chi connectivity index (χ1v) is 11.1. The van der Waals surface area contributed by atoms with Gasteiger partial charge in [0.25, 0.3) is 11.8 Å². The van der Waals surface area contributed by atoms with Gasteiger partial charge in [-0.15, -0.1) is 0 Å². The number of carbonyl (C=O) groups excluding carboxylic acids is 2. The molecule has 0 unspecified atom stereocenters. The van der Waals surface area contributed by atoms with Crippen LogP contribution in [-0.2, 0) is 6.54 Å². The van der Waals surface area contributed by atoms with Crippen LogP contribution in [0, 0.1) is 0 Å². The Morgan fingerprint density at radius 1 is 0.879 bits per heavy atom. The molecule has 2 amide bonds. The summed E-state index contributed by atoms with van der Waals surface area (Å²) >= 11 is 0. The zero-order valence-corrected chi connectivity index (χ0v) is 18.2. The predicted molar refractivity (Wildman–Crippen MR) is 128 cm³/mol. The molecule has 1 aliphatic heterocycles. The number of anilines is 1. The summed E-state index contributed by atoms with van der Waals surface area (Å²) in [4.78, 5) is 29.8. The van der Waals surface area contributed by atoms with E-state index in [4.69, 9.17) is 0 Å². The van der Waals surface area contributed by atoms with Gasteiger partial charge >= 0.3 is 0 Å². The van der Waals surface area contributed by atoms with Gasteiger partial charge in [0.15, 0.2) is 5.69 Å². The van der Waals surface area contributed by atoms with Crippen molar-refractivity contribution in [2.45, 2.75) is 6.54 Å². The Bertz CT molecular complexity index is 1280. The number of H-pyrrole nitrogens is 1. The van der Waals surface area contributed by atoms with Crippen LogP contribution in [-0.4, -0.2) is 58.0 Å². The molecule has 2 N–H and O–H groups in total. The molecule has 166 valence electrons. The van der Waals surface area contributed by atoms with E-state index in [0.717, 1.165) is 41.8 Å². The predicted octanol–water partition coefficient (Wildman–Crippen LogP) is 3.77. The van der Waals surface area contributed by atoms with Crippen molar-refractivity contribution in [2.24, 2.45) is 0 Å². The molecule has 1 aliphatic rings. The van der Waals surface area contributed by atoms with Gasteiger partial charge in [0.05, 0.1) is 5.52 Å². The molecular weight excluding hydrogens is 414 g/mol.